The Morgan fingerprint density at radius 3 is 2.76 bits per heavy atom. The van der Waals surface area contributed by atoms with E-state index in [2.05, 4.69) is 5.92 Å². The number of benzene rings is 1. The molecule has 1 aromatic carbocycles. The Kier molecular flexibility index (Phi) is 4.30. The first-order valence-corrected chi connectivity index (χ1v) is 7.79. The topological polar surface area (TPSA) is 74.7 Å². The molecule has 2 rings (SSSR count). The van der Waals surface area contributed by atoms with Crippen LogP contribution in [0, 0.1) is 24.1 Å². The van der Waals surface area contributed by atoms with Gasteiger partial charge in [-0.25, -0.2) is 12.8 Å². The monoisotopic (exact) mass is 311 g/mol. The highest BCUT2D eigenvalue weighted by Crippen LogP contribution is 2.25. The number of aliphatic carboxylic acids is 1. The summed E-state index contributed by atoms with van der Waals surface area (Å²) in [6, 6.07) is 3.33. The second-order valence-corrected chi connectivity index (χ2v) is 6.76. The Bertz CT molecular complexity index is 708. The number of carbonyl (C=O) groups is 1. The van der Waals surface area contributed by atoms with Gasteiger partial charge in [0.05, 0.1) is 16.4 Å². The van der Waals surface area contributed by atoms with Gasteiger partial charge >= 0.3 is 5.97 Å². The molecule has 0 aromatic heterocycles. The molecule has 1 N–H and O–H groups in total. The molecule has 0 radical (unpaired) electrons. The molecule has 1 saturated heterocycles. The van der Waals surface area contributed by atoms with Crippen molar-refractivity contribution in [2.24, 2.45) is 5.92 Å². The van der Waals surface area contributed by atoms with Crippen LogP contribution in [0.3, 0.4) is 0 Å². The van der Waals surface area contributed by atoms with Crippen molar-refractivity contribution in [3.8, 4) is 12.3 Å². The fourth-order valence-corrected chi connectivity index (χ4v) is 3.82. The van der Waals surface area contributed by atoms with E-state index in [0.29, 0.717) is 12.8 Å². The third-order valence-electron chi connectivity index (χ3n) is 3.47. The van der Waals surface area contributed by atoms with Crippen molar-refractivity contribution < 1.29 is 22.7 Å². The summed E-state index contributed by atoms with van der Waals surface area (Å²) in [6.07, 6.45) is 5.98. The summed E-state index contributed by atoms with van der Waals surface area (Å²) in [6.45, 7) is 0.126. The second-order valence-electron chi connectivity index (χ2n) is 4.83. The molecule has 0 bridgehead atoms. The average Bonchev–Trinajstić information content (AvgIpc) is 2.47. The van der Waals surface area contributed by atoms with Crippen LogP contribution in [0.1, 0.15) is 18.4 Å². The number of carboxylic acids is 1. The summed E-state index contributed by atoms with van der Waals surface area (Å²) in [5.41, 5.74) is -0.0176. The van der Waals surface area contributed by atoms with Gasteiger partial charge in [0.25, 0.3) is 0 Å². The highest BCUT2D eigenvalue weighted by atomic mass is 32.2. The van der Waals surface area contributed by atoms with Gasteiger partial charge in [-0.1, -0.05) is 5.92 Å². The lowest BCUT2D eigenvalue weighted by Gasteiger charge is -2.29. The van der Waals surface area contributed by atoms with Gasteiger partial charge in [-0.15, -0.1) is 6.42 Å². The van der Waals surface area contributed by atoms with Gasteiger partial charge in [-0.2, -0.15) is 4.31 Å². The summed E-state index contributed by atoms with van der Waals surface area (Å²) in [5, 5.41) is 9.00. The number of carboxylic acid groups (broad SMARTS) is 1. The number of halogens is 1. The number of hydrogen-bond donors (Lipinski definition) is 1. The minimum atomic E-state index is -3.91. The van der Waals surface area contributed by atoms with E-state index < -0.39 is 27.7 Å². The molecule has 1 atom stereocenters. The molecule has 21 heavy (non-hydrogen) atoms. The van der Waals surface area contributed by atoms with Crippen LogP contribution in [-0.4, -0.2) is 36.9 Å². The summed E-state index contributed by atoms with van der Waals surface area (Å²) < 4.78 is 39.6. The van der Waals surface area contributed by atoms with Gasteiger partial charge in [-0.05, 0) is 31.0 Å². The van der Waals surface area contributed by atoms with Crippen LogP contribution in [0.5, 0.6) is 0 Å². The highest BCUT2D eigenvalue weighted by molar-refractivity contribution is 7.89. The zero-order chi connectivity index (χ0) is 15.6. The Morgan fingerprint density at radius 2 is 2.19 bits per heavy atom. The van der Waals surface area contributed by atoms with E-state index in [1.54, 1.807) is 0 Å². The first kappa shape index (κ1) is 15.5. The van der Waals surface area contributed by atoms with E-state index >= 15 is 0 Å². The van der Waals surface area contributed by atoms with Crippen LogP contribution in [0.15, 0.2) is 23.1 Å². The highest BCUT2D eigenvalue weighted by Gasteiger charge is 2.33. The Hall–Kier alpha value is -1.91. The summed E-state index contributed by atoms with van der Waals surface area (Å²) >= 11 is 0. The molecule has 5 nitrogen and oxygen atoms in total. The standard InChI is InChI=1S/C14H14FNO4S/c1-2-10-5-6-12(8-13(10)15)21(19,20)16-7-3-4-11(9-16)14(17)18/h1,5-6,8,11H,3-4,7,9H2,(H,17,18). The number of rotatable bonds is 3. The Balaban J connectivity index is 2.32. The maximum Gasteiger partial charge on any atom is 0.307 e. The van der Waals surface area contributed by atoms with Gasteiger partial charge in [0.1, 0.15) is 5.82 Å². The molecule has 1 heterocycles. The molecule has 0 amide bonds. The predicted octanol–water partition coefficient (Wildman–Crippen LogP) is 1.29. The molecule has 1 fully saturated rings. The van der Waals surface area contributed by atoms with Crippen molar-refractivity contribution in [2.75, 3.05) is 13.1 Å². The smallest absolute Gasteiger partial charge is 0.307 e. The minimum absolute atomic E-state index is 0.0176. The zero-order valence-electron chi connectivity index (χ0n) is 11.1. The molecule has 1 unspecified atom stereocenters. The van der Waals surface area contributed by atoms with Crippen molar-refractivity contribution in [2.45, 2.75) is 17.7 Å². The number of sulfonamides is 1. The summed E-state index contributed by atoms with van der Waals surface area (Å²) in [4.78, 5) is 10.8. The van der Waals surface area contributed by atoms with Crippen LogP contribution in [0.4, 0.5) is 4.39 Å². The normalized spacial score (nSPS) is 19.9. The molecule has 1 aliphatic rings. The molecule has 0 saturated carbocycles. The first-order chi connectivity index (χ1) is 9.86. The SMILES string of the molecule is C#Cc1ccc(S(=O)(=O)N2CCCC(C(=O)O)C2)cc1F. The Labute approximate surface area is 122 Å². The summed E-state index contributed by atoms with van der Waals surface area (Å²) in [5.74, 6) is -0.430. The minimum Gasteiger partial charge on any atom is -0.481 e. The van der Waals surface area contributed by atoms with E-state index in [-0.39, 0.29) is 23.5 Å². The maximum atomic E-state index is 13.6. The maximum absolute atomic E-state index is 13.6. The quantitative estimate of drug-likeness (QED) is 0.854. The van der Waals surface area contributed by atoms with Crippen LogP contribution in [-0.2, 0) is 14.8 Å². The Morgan fingerprint density at radius 1 is 1.48 bits per heavy atom. The second kappa shape index (κ2) is 5.84. The van der Waals surface area contributed by atoms with Gasteiger partial charge in [0.2, 0.25) is 10.0 Å². The molecule has 1 aromatic rings. The fourth-order valence-electron chi connectivity index (χ4n) is 2.28. The number of terminal acetylenes is 1. The molecule has 112 valence electrons. The lowest BCUT2D eigenvalue weighted by molar-refractivity contribution is -0.142. The summed E-state index contributed by atoms with van der Waals surface area (Å²) in [7, 11) is -3.91. The van der Waals surface area contributed by atoms with Crippen LogP contribution in [0.2, 0.25) is 0 Å². The average molecular weight is 311 g/mol. The van der Waals surface area contributed by atoms with E-state index in [4.69, 9.17) is 11.5 Å². The van der Waals surface area contributed by atoms with Crippen molar-refractivity contribution in [3.63, 3.8) is 0 Å². The van der Waals surface area contributed by atoms with Gasteiger partial charge in [-0.3, -0.25) is 4.79 Å². The first-order valence-electron chi connectivity index (χ1n) is 6.35. The number of hydrogen-bond acceptors (Lipinski definition) is 3. The predicted molar refractivity (Wildman–Crippen MR) is 73.5 cm³/mol. The number of nitrogens with zero attached hydrogens (tertiary/aromatic N) is 1. The van der Waals surface area contributed by atoms with Crippen molar-refractivity contribution >= 4 is 16.0 Å². The third kappa shape index (κ3) is 3.06. The molecule has 0 spiro atoms. The van der Waals surface area contributed by atoms with Gasteiger partial charge < -0.3 is 5.11 Å². The third-order valence-corrected chi connectivity index (χ3v) is 5.33. The lowest BCUT2D eigenvalue weighted by Crippen LogP contribution is -2.42. The van der Waals surface area contributed by atoms with Gasteiger partial charge in [0, 0.05) is 13.1 Å². The van der Waals surface area contributed by atoms with Gasteiger partial charge in [0.15, 0.2) is 0 Å². The van der Waals surface area contributed by atoms with Crippen molar-refractivity contribution in [3.05, 3.63) is 29.6 Å². The van der Waals surface area contributed by atoms with E-state index in [9.17, 15) is 17.6 Å². The van der Waals surface area contributed by atoms with E-state index in [1.165, 1.54) is 12.1 Å². The van der Waals surface area contributed by atoms with Crippen LogP contribution in [0.25, 0.3) is 0 Å². The lowest BCUT2D eigenvalue weighted by atomic mass is 10.0. The molecule has 7 heteroatoms. The molecular formula is C14H14FNO4S. The van der Waals surface area contributed by atoms with Crippen LogP contribution >= 0.6 is 0 Å². The van der Waals surface area contributed by atoms with Crippen LogP contribution < -0.4 is 0 Å². The fraction of sp³-hybridized carbons (Fsp3) is 0.357. The molecular weight excluding hydrogens is 297 g/mol. The molecule has 0 aliphatic carbocycles. The van der Waals surface area contributed by atoms with E-state index in [0.717, 1.165) is 10.4 Å². The van der Waals surface area contributed by atoms with Crippen molar-refractivity contribution in [1.82, 2.24) is 4.31 Å². The largest absolute Gasteiger partial charge is 0.481 e. The van der Waals surface area contributed by atoms with Crippen molar-refractivity contribution in [1.29, 1.82) is 0 Å². The van der Waals surface area contributed by atoms with E-state index in [1.807, 2.05) is 0 Å². The number of piperidine rings is 1. The zero-order valence-corrected chi connectivity index (χ0v) is 11.9. The molecule has 1 aliphatic heterocycles.